The molecule has 1 aromatic carbocycles. The molecule has 1 heterocycles. The first-order valence-corrected chi connectivity index (χ1v) is 8.04. The van der Waals surface area contributed by atoms with Gasteiger partial charge in [0.25, 0.3) is 0 Å². The Morgan fingerprint density at radius 3 is 2.71 bits per heavy atom. The smallest absolute Gasteiger partial charge is 0.240 e. The molecule has 4 nitrogen and oxygen atoms in total. The lowest BCUT2D eigenvalue weighted by Crippen LogP contribution is -2.42. The van der Waals surface area contributed by atoms with E-state index >= 15 is 0 Å². The molecule has 7 heteroatoms. The number of hydrogen-bond donors (Lipinski definition) is 1. The molecule has 0 aliphatic rings. The minimum atomic E-state index is -0.332. The molecule has 0 unspecified atom stereocenters. The van der Waals surface area contributed by atoms with Gasteiger partial charge in [-0.15, -0.1) is 11.6 Å². The van der Waals surface area contributed by atoms with E-state index in [2.05, 4.69) is 10.3 Å². The second-order valence-electron chi connectivity index (χ2n) is 5.80. The Morgan fingerprint density at radius 2 is 2.14 bits per heavy atom. The number of hydrogen-bond acceptors (Lipinski definition) is 2. The Labute approximate surface area is 141 Å². The van der Waals surface area contributed by atoms with E-state index in [-0.39, 0.29) is 29.7 Å². The van der Waals surface area contributed by atoms with Crippen molar-refractivity contribution in [1.29, 1.82) is 0 Å². The Kier molecular flexibility index (Phi) is 4.77. The van der Waals surface area contributed by atoms with Crippen molar-refractivity contribution < 1.29 is 9.18 Å². The van der Waals surface area contributed by atoms with Gasteiger partial charge < -0.3 is 9.88 Å². The van der Waals surface area contributed by atoms with Gasteiger partial charge in [0.05, 0.1) is 20.5 Å². The van der Waals surface area contributed by atoms with Crippen LogP contribution in [0.3, 0.4) is 0 Å². The van der Waals surface area contributed by atoms with Crippen molar-refractivity contribution in [2.24, 2.45) is 0 Å². The lowest BCUT2D eigenvalue weighted by Gasteiger charge is -2.21. The number of aromatic nitrogens is 2. The summed E-state index contributed by atoms with van der Waals surface area (Å²) in [5, 5.41) is 2.87. The number of nitrogens with zero attached hydrogens (tertiary/aromatic N) is 2. The van der Waals surface area contributed by atoms with E-state index in [9.17, 15) is 9.18 Å². The second-order valence-corrected chi connectivity index (χ2v) is 7.23. The maximum Gasteiger partial charge on any atom is 0.240 e. The van der Waals surface area contributed by atoms with E-state index in [0.29, 0.717) is 20.4 Å². The highest BCUT2D eigenvalue weighted by molar-refractivity contribution is 14.1. The predicted molar refractivity (Wildman–Crippen MR) is 89.9 cm³/mol. The molecule has 114 valence electrons. The Balaban J connectivity index is 2.42. The molecule has 0 saturated carbocycles. The van der Waals surface area contributed by atoms with Crippen molar-refractivity contribution in [2.45, 2.75) is 38.7 Å². The number of amides is 1. The Hall–Kier alpha value is -0.890. The highest BCUT2D eigenvalue weighted by Gasteiger charge is 2.18. The highest BCUT2D eigenvalue weighted by Crippen LogP contribution is 2.22. The van der Waals surface area contributed by atoms with E-state index < -0.39 is 0 Å². The van der Waals surface area contributed by atoms with Crippen LogP contribution in [0.2, 0.25) is 0 Å². The topological polar surface area (TPSA) is 46.9 Å². The fraction of sp³-hybridized carbons (Fsp3) is 0.429. The van der Waals surface area contributed by atoms with Crippen molar-refractivity contribution >= 4 is 51.1 Å². The monoisotopic (exact) mass is 423 g/mol. The molecule has 0 radical (unpaired) electrons. The predicted octanol–water partition coefficient (Wildman–Crippen LogP) is 3.43. The molecule has 21 heavy (non-hydrogen) atoms. The fourth-order valence-corrected chi connectivity index (χ4v) is 2.70. The van der Waals surface area contributed by atoms with Gasteiger partial charge in [0.15, 0.2) is 0 Å². The fourth-order valence-electron chi connectivity index (χ4n) is 2.05. The van der Waals surface area contributed by atoms with Gasteiger partial charge in [0.1, 0.15) is 18.2 Å². The number of nitrogens with one attached hydrogen (secondary N) is 1. The average molecular weight is 424 g/mol. The van der Waals surface area contributed by atoms with Crippen molar-refractivity contribution in [1.82, 2.24) is 14.9 Å². The highest BCUT2D eigenvalue weighted by atomic mass is 127. The van der Waals surface area contributed by atoms with Gasteiger partial charge in [-0.2, -0.15) is 0 Å². The van der Waals surface area contributed by atoms with Crippen molar-refractivity contribution in [2.75, 3.05) is 0 Å². The molecule has 1 N–H and O–H groups in total. The molecule has 2 rings (SSSR count). The lowest BCUT2D eigenvalue weighted by atomic mass is 10.1. The van der Waals surface area contributed by atoms with Crippen LogP contribution in [0, 0.1) is 9.39 Å². The van der Waals surface area contributed by atoms with Gasteiger partial charge in [0.2, 0.25) is 5.91 Å². The summed E-state index contributed by atoms with van der Waals surface area (Å²) in [6.45, 7) is 5.78. The minimum absolute atomic E-state index is 0.0653. The molecule has 0 fully saturated rings. The first-order chi connectivity index (χ1) is 9.71. The van der Waals surface area contributed by atoms with Crippen LogP contribution in [0.25, 0.3) is 11.0 Å². The largest absolute Gasteiger partial charge is 0.350 e. The summed E-state index contributed by atoms with van der Waals surface area (Å²) < 4.78 is 15.9. The average Bonchev–Trinajstić information content (AvgIpc) is 2.65. The van der Waals surface area contributed by atoms with Crippen LogP contribution in [0.4, 0.5) is 4.39 Å². The number of benzene rings is 1. The summed E-state index contributed by atoms with van der Waals surface area (Å²) in [7, 11) is 0. The third-order valence-electron chi connectivity index (χ3n) is 2.81. The molecule has 1 amide bonds. The van der Waals surface area contributed by atoms with Gasteiger partial charge in [-0.1, -0.05) is 0 Å². The summed E-state index contributed by atoms with van der Waals surface area (Å²) >= 11 is 7.80. The molecular formula is C14H16ClFIN3O. The maximum absolute atomic E-state index is 13.8. The molecule has 2 aromatic rings. The number of carbonyl (C=O) groups is 1. The maximum atomic E-state index is 13.8. The standard InChI is InChI=1S/C14H16ClFIN3O/c1-14(2,3)19-13(21)7-20-11-4-8(16)9(17)5-10(11)18-12(20)6-15/h4-5H,6-7H2,1-3H3,(H,19,21). The molecule has 1 aromatic heterocycles. The normalized spacial score (nSPS) is 11.9. The Bertz CT molecular complexity index is 694. The molecule has 0 bridgehead atoms. The summed E-state index contributed by atoms with van der Waals surface area (Å²) in [4.78, 5) is 16.5. The lowest BCUT2D eigenvalue weighted by molar-refractivity contribution is -0.123. The van der Waals surface area contributed by atoms with Crippen molar-refractivity contribution in [3.05, 3.63) is 27.3 Å². The zero-order valence-electron chi connectivity index (χ0n) is 12.0. The van der Waals surface area contributed by atoms with Gasteiger partial charge >= 0.3 is 0 Å². The zero-order chi connectivity index (χ0) is 15.8. The number of rotatable bonds is 3. The van der Waals surface area contributed by atoms with Crippen molar-refractivity contribution in [3.63, 3.8) is 0 Å². The summed E-state index contributed by atoms with van der Waals surface area (Å²) in [6, 6.07) is 3.05. The van der Waals surface area contributed by atoms with Gasteiger partial charge in [0, 0.05) is 11.6 Å². The van der Waals surface area contributed by atoms with Crippen LogP contribution in [0.1, 0.15) is 26.6 Å². The van der Waals surface area contributed by atoms with Gasteiger partial charge in [-0.3, -0.25) is 4.79 Å². The third kappa shape index (κ3) is 3.85. The van der Waals surface area contributed by atoms with E-state index in [0.717, 1.165) is 0 Å². The van der Waals surface area contributed by atoms with Gasteiger partial charge in [-0.25, -0.2) is 9.37 Å². The zero-order valence-corrected chi connectivity index (χ0v) is 14.9. The Morgan fingerprint density at radius 1 is 1.48 bits per heavy atom. The van der Waals surface area contributed by atoms with Crippen LogP contribution in [-0.4, -0.2) is 21.0 Å². The molecule has 0 aliphatic heterocycles. The van der Waals surface area contributed by atoms with Crippen LogP contribution < -0.4 is 5.32 Å². The van der Waals surface area contributed by atoms with Crippen LogP contribution >= 0.6 is 34.2 Å². The molecule has 0 aliphatic carbocycles. The summed E-state index contributed by atoms with van der Waals surface area (Å²) in [6.07, 6.45) is 0. The first-order valence-electron chi connectivity index (χ1n) is 6.42. The SMILES string of the molecule is CC(C)(C)NC(=O)Cn1c(CCl)nc2cc(I)c(F)cc21. The molecule has 0 atom stereocenters. The first kappa shape index (κ1) is 16.5. The second kappa shape index (κ2) is 6.08. The van der Waals surface area contributed by atoms with E-state index in [1.807, 2.05) is 43.4 Å². The van der Waals surface area contributed by atoms with Crippen LogP contribution in [0.5, 0.6) is 0 Å². The van der Waals surface area contributed by atoms with Gasteiger partial charge in [-0.05, 0) is 49.4 Å². The van der Waals surface area contributed by atoms with E-state index in [4.69, 9.17) is 11.6 Å². The number of imidazole rings is 1. The summed E-state index contributed by atoms with van der Waals surface area (Å²) in [5.41, 5.74) is 0.891. The van der Waals surface area contributed by atoms with Crippen LogP contribution in [0.15, 0.2) is 12.1 Å². The number of carbonyl (C=O) groups excluding carboxylic acids is 1. The van der Waals surface area contributed by atoms with E-state index in [1.54, 1.807) is 10.6 Å². The molecular weight excluding hydrogens is 408 g/mol. The quantitative estimate of drug-likeness (QED) is 0.607. The van der Waals surface area contributed by atoms with Crippen molar-refractivity contribution in [3.8, 4) is 0 Å². The third-order valence-corrected chi connectivity index (χ3v) is 3.87. The minimum Gasteiger partial charge on any atom is -0.350 e. The summed E-state index contributed by atoms with van der Waals surface area (Å²) in [5.74, 6) is 0.223. The van der Waals surface area contributed by atoms with E-state index in [1.165, 1.54) is 6.07 Å². The molecule has 0 saturated heterocycles. The number of halogens is 3. The number of fused-ring (bicyclic) bond motifs is 1. The molecule has 0 spiro atoms. The number of alkyl halides is 1. The van der Waals surface area contributed by atoms with Crippen LogP contribution in [-0.2, 0) is 17.2 Å².